The van der Waals surface area contributed by atoms with Gasteiger partial charge in [0, 0.05) is 24.3 Å². The minimum Gasteiger partial charge on any atom is -0.398 e. The zero-order valence-electron chi connectivity index (χ0n) is 11.8. The molecule has 2 aliphatic heterocycles. The van der Waals surface area contributed by atoms with E-state index in [0.717, 1.165) is 36.3 Å². The second kappa shape index (κ2) is 6.08. The number of hydrogen-bond acceptors (Lipinski definition) is 3. The van der Waals surface area contributed by atoms with Crippen LogP contribution in [0.2, 0.25) is 0 Å². The van der Waals surface area contributed by atoms with Gasteiger partial charge in [-0.2, -0.15) is 11.8 Å². The van der Waals surface area contributed by atoms with Crippen molar-refractivity contribution in [3.05, 3.63) is 23.8 Å². The topological polar surface area (TPSA) is 46.3 Å². The summed E-state index contributed by atoms with van der Waals surface area (Å²) in [5.74, 6) is 3.28. The van der Waals surface area contributed by atoms with E-state index in [1.54, 1.807) is 0 Å². The molecule has 108 valence electrons. The average Bonchev–Trinajstić information content (AvgIpc) is 2.48. The van der Waals surface area contributed by atoms with Gasteiger partial charge in [-0.15, -0.1) is 0 Å². The van der Waals surface area contributed by atoms with Gasteiger partial charge in [-0.05, 0) is 60.8 Å². The van der Waals surface area contributed by atoms with Crippen LogP contribution >= 0.6 is 11.8 Å². The quantitative estimate of drug-likeness (QED) is 0.851. The van der Waals surface area contributed by atoms with Crippen molar-refractivity contribution in [3.63, 3.8) is 0 Å². The number of rotatable bonds is 2. The van der Waals surface area contributed by atoms with Crippen LogP contribution in [0.5, 0.6) is 0 Å². The molecule has 0 bridgehead atoms. The Labute approximate surface area is 124 Å². The predicted octanol–water partition coefficient (Wildman–Crippen LogP) is 3.08. The summed E-state index contributed by atoms with van der Waals surface area (Å²) in [5, 5.41) is 0. The number of benzene rings is 1. The molecular formula is C16H22N2OS. The highest BCUT2D eigenvalue weighted by molar-refractivity contribution is 7.99. The first-order valence-electron chi connectivity index (χ1n) is 7.51. The van der Waals surface area contributed by atoms with E-state index in [1.165, 1.54) is 24.3 Å². The predicted molar refractivity (Wildman–Crippen MR) is 86.2 cm³/mol. The fraction of sp³-hybridized carbons (Fsp3) is 0.562. The lowest BCUT2D eigenvalue weighted by atomic mass is 9.95. The maximum absolute atomic E-state index is 12.6. The van der Waals surface area contributed by atoms with Gasteiger partial charge in [-0.3, -0.25) is 4.79 Å². The van der Waals surface area contributed by atoms with E-state index >= 15 is 0 Å². The zero-order chi connectivity index (χ0) is 13.9. The van der Waals surface area contributed by atoms with Gasteiger partial charge in [0.15, 0.2) is 0 Å². The lowest BCUT2D eigenvalue weighted by Crippen LogP contribution is -2.37. The molecule has 1 amide bonds. The molecule has 1 fully saturated rings. The number of amides is 1. The molecule has 2 heterocycles. The van der Waals surface area contributed by atoms with Gasteiger partial charge < -0.3 is 10.6 Å². The first-order chi connectivity index (χ1) is 9.75. The summed E-state index contributed by atoms with van der Waals surface area (Å²) in [4.78, 5) is 14.6. The van der Waals surface area contributed by atoms with Crippen LogP contribution in [0.15, 0.2) is 18.2 Å². The number of hydrogen-bond donors (Lipinski definition) is 1. The van der Waals surface area contributed by atoms with E-state index in [1.807, 2.05) is 34.9 Å². The molecular weight excluding hydrogens is 268 g/mol. The average molecular weight is 290 g/mol. The van der Waals surface area contributed by atoms with Crippen molar-refractivity contribution in [2.75, 3.05) is 28.7 Å². The molecule has 0 aromatic heterocycles. The molecule has 1 saturated heterocycles. The first kappa shape index (κ1) is 13.8. The van der Waals surface area contributed by atoms with Crippen LogP contribution in [0, 0.1) is 5.92 Å². The van der Waals surface area contributed by atoms with Gasteiger partial charge in [-0.25, -0.2) is 0 Å². The Morgan fingerprint density at radius 1 is 1.35 bits per heavy atom. The van der Waals surface area contributed by atoms with Gasteiger partial charge in [0.1, 0.15) is 0 Å². The van der Waals surface area contributed by atoms with Crippen molar-refractivity contribution >= 4 is 29.0 Å². The van der Waals surface area contributed by atoms with Gasteiger partial charge in [0.2, 0.25) is 5.91 Å². The Bertz CT molecular complexity index is 497. The third-order valence-corrected chi connectivity index (χ3v) is 5.44. The van der Waals surface area contributed by atoms with Crippen LogP contribution in [-0.4, -0.2) is 24.0 Å². The van der Waals surface area contributed by atoms with Crippen LogP contribution in [-0.2, 0) is 11.2 Å². The van der Waals surface area contributed by atoms with Crippen LogP contribution in [0.1, 0.15) is 31.2 Å². The van der Waals surface area contributed by atoms with Crippen molar-refractivity contribution < 1.29 is 4.79 Å². The minimum atomic E-state index is 0.286. The molecule has 3 nitrogen and oxygen atoms in total. The van der Waals surface area contributed by atoms with Gasteiger partial charge in [0.05, 0.1) is 0 Å². The van der Waals surface area contributed by atoms with Gasteiger partial charge in [-0.1, -0.05) is 6.07 Å². The Morgan fingerprint density at radius 2 is 2.15 bits per heavy atom. The van der Waals surface area contributed by atoms with E-state index < -0.39 is 0 Å². The highest BCUT2D eigenvalue weighted by Crippen LogP contribution is 2.33. The SMILES string of the molecule is Nc1cccc2c1CCCN2C(=O)CC1CCSCC1. The summed E-state index contributed by atoms with van der Waals surface area (Å²) in [6, 6.07) is 5.93. The number of nitrogens with zero attached hydrogens (tertiary/aromatic N) is 1. The summed E-state index contributed by atoms with van der Waals surface area (Å²) in [7, 11) is 0. The lowest BCUT2D eigenvalue weighted by Gasteiger charge is -2.32. The van der Waals surface area contributed by atoms with Crippen LogP contribution in [0.25, 0.3) is 0 Å². The van der Waals surface area contributed by atoms with Crippen LogP contribution < -0.4 is 10.6 Å². The van der Waals surface area contributed by atoms with E-state index in [9.17, 15) is 4.79 Å². The third kappa shape index (κ3) is 2.80. The Kier molecular flexibility index (Phi) is 4.20. The Morgan fingerprint density at radius 3 is 2.95 bits per heavy atom. The highest BCUT2D eigenvalue weighted by atomic mass is 32.2. The fourth-order valence-electron chi connectivity index (χ4n) is 3.22. The summed E-state index contributed by atoms with van der Waals surface area (Å²) >= 11 is 2.01. The Hall–Kier alpha value is -1.16. The normalized spacial score (nSPS) is 19.7. The van der Waals surface area contributed by atoms with Crippen molar-refractivity contribution in [2.45, 2.75) is 32.1 Å². The summed E-state index contributed by atoms with van der Waals surface area (Å²) in [6.07, 6.45) is 5.09. The zero-order valence-corrected chi connectivity index (χ0v) is 12.6. The fourth-order valence-corrected chi connectivity index (χ4v) is 4.42. The summed E-state index contributed by atoms with van der Waals surface area (Å²) in [6.45, 7) is 0.844. The van der Waals surface area contributed by atoms with Crippen LogP contribution in [0.3, 0.4) is 0 Å². The lowest BCUT2D eigenvalue weighted by molar-refractivity contribution is -0.119. The Balaban J connectivity index is 1.74. The minimum absolute atomic E-state index is 0.286. The molecule has 0 atom stereocenters. The number of fused-ring (bicyclic) bond motifs is 1. The van der Waals surface area contributed by atoms with Crippen LogP contribution in [0.4, 0.5) is 11.4 Å². The second-order valence-corrected chi connectivity index (χ2v) is 6.98. The third-order valence-electron chi connectivity index (χ3n) is 4.39. The van der Waals surface area contributed by atoms with Crippen molar-refractivity contribution in [3.8, 4) is 0 Å². The number of carbonyl (C=O) groups is 1. The second-order valence-electron chi connectivity index (χ2n) is 5.75. The molecule has 0 aliphatic carbocycles. The number of nitrogens with two attached hydrogens (primary N) is 1. The summed E-state index contributed by atoms with van der Waals surface area (Å²) < 4.78 is 0. The van der Waals surface area contributed by atoms with Gasteiger partial charge >= 0.3 is 0 Å². The molecule has 1 aromatic carbocycles. The van der Waals surface area contributed by atoms with E-state index in [4.69, 9.17) is 5.73 Å². The smallest absolute Gasteiger partial charge is 0.227 e. The molecule has 0 spiro atoms. The maximum Gasteiger partial charge on any atom is 0.227 e. The first-order valence-corrected chi connectivity index (χ1v) is 8.66. The molecule has 0 saturated carbocycles. The van der Waals surface area contributed by atoms with E-state index in [-0.39, 0.29) is 5.91 Å². The van der Waals surface area contributed by atoms with E-state index in [2.05, 4.69) is 0 Å². The number of thioether (sulfide) groups is 1. The molecule has 2 N–H and O–H groups in total. The molecule has 0 radical (unpaired) electrons. The number of carbonyl (C=O) groups excluding carboxylic acids is 1. The molecule has 0 unspecified atom stereocenters. The number of anilines is 2. The standard InChI is InChI=1S/C16H22N2OS/c17-14-4-1-5-15-13(14)3-2-8-18(15)16(19)11-12-6-9-20-10-7-12/h1,4-5,12H,2-3,6-11,17H2. The molecule has 2 aliphatic rings. The number of nitrogen functional groups attached to an aromatic ring is 1. The largest absolute Gasteiger partial charge is 0.398 e. The molecule has 3 rings (SSSR count). The highest BCUT2D eigenvalue weighted by Gasteiger charge is 2.26. The molecule has 1 aromatic rings. The summed E-state index contributed by atoms with van der Waals surface area (Å²) in [5.41, 5.74) is 9.08. The van der Waals surface area contributed by atoms with Crippen molar-refractivity contribution in [1.82, 2.24) is 0 Å². The van der Waals surface area contributed by atoms with Gasteiger partial charge in [0.25, 0.3) is 0 Å². The monoisotopic (exact) mass is 290 g/mol. The maximum atomic E-state index is 12.6. The van der Waals surface area contributed by atoms with Crippen molar-refractivity contribution in [2.24, 2.45) is 5.92 Å². The molecule has 20 heavy (non-hydrogen) atoms. The molecule has 4 heteroatoms. The van der Waals surface area contributed by atoms with Crippen molar-refractivity contribution in [1.29, 1.82) is 0 Å². The van der Waals surface area contributed by atoms with E-state index in [0.29, 0.717) is 12.3 Å².